The van der Waals surface area contributed by atoms with Crippen LogP contribution in [0.5, 0.6) is 5.75 Å². The quantitative estimate of drug-likeness (QED) is 0.648. The molecule has 0 spiro atoms. The second kappa shape index (κ2) is 8.11. The van der Waals surface area contributed by atoms with Crippen molar-refractivity contribution in [2.24, 2.45) is 4.99 Å². The van der Waals surface area contributed by atoms with Crippen molar-refractivity contribution in [2.45, 2.75) is 25.9 Å². The summed E-state index contributed by atoms with van der Waals surface area (Å²) in [6, 6.07) is 16.7. The number of rotatable bonds is 5. The lowest BCUT2D eigenvalue weighted by molar-refractivity contribution is 0.117. The molecule has 1 aliphatic heterocycles. The fourth-order valence-electron chi connectivity index (χ4n) is 3.43. The Hall–Kier alpha value is -2.37. The van der Waals surface area contributed by atoms with Crippen molar-refractivity contribution in [2.75, 3.05) is 20.3 Å². The molecule has 1 fully saturated rings. The third kappa shape index (κ3) is 3.84. The molecule has 4 rings (SSSR count). The van der Waals surface area contributed by atoms with E-state index in [1.165, 1.54) is 5.56 Å². The first kappa shape index (κ1) is 18.0. The van der Waals surface area contributed by atoms with Crippen LogP contribution in [0.1, 0.15) is 18.4 Å². The van der Waals surface area contributed by atoms with Crippen LogP contribution in [0.25, 0.3) is 16.9 Å². The molecule has 0 unspecified atom stereocenters. The highest BCUT2D eigenvalue weighted by molar-refractivity contribution is 7.07. The van der Waals surface area contributed by atoms with Crippen molar-refractivity contribution in [3.8, 4) is 22.7 Å². The maximum Gasteiger partial charge on any atom is 0.189 e. The van der Waals surface area contributed by atoms with Crippen LogP contribution in [0.2, 0.25) is 0 Å². The lowest BCUT2D eigenvalue weighted by Gasteiger charge is -2.13. The molecule has 1 atom stereocenters. The van der Waals surface area contributed by atoms with Crippen LogP contribution in [-0.4, -0.2) is 30.9 Å². The standard InChI is InChI=1S/C22H24N2O2S/c1-16-10-11-21(25-2)19(13-16)20-15-27-22(23-14-18-9-6-12-26-18)24(20)17-7-4-3-5-8-17/h3-5,7-8,10-11,13,15,18H,6,9,12,14H2,1-2H3/t18-/m0/s1. The first-order chi connectivity index (χ1) is 13.3. The topological polar surface area (TPSA) is 35.8 Å². The lowest BCUT2D eigenvalue weighted by Crippen LogP contribution is -2.18. The monoisotopic (exact) mass is 380 g/mol. The molecule has 0 saturated carbocycles. The Morgan fingerprint density at radius 3 is 2.81 bits per heavy atom. The van der Waals surface area contributed by atoms with E-state index in [0.29, 0.717) is 6.54 Å². The van der Waals surface area contributed by atoms with Gasteiger partial charge in [-0.1, -0.05) is 29.8 Å². The summed E-state index contributed by atoms with van der Waals surface area (Å²) in [4.78, 5) is 5.89. The van der Waals surface area contributed by atoms with Gasteiger partial charge in [0.1, 0.15) is 5.75 Å². The Bertz CT molecular complexity index is 969. The summed E-state index contributed by atoms with van der Waals surface area (Å²) >= 11 is 1.66. The first-order valence-electron chi connectivity index (χ1n) is 9.29. The van der Waals surface area contributed by atoms with Crippen LogP contribution in [0.4, 0.5) is 0 Å². The van der Waals surface area contributed by atoms with Crippen LogP contribution in [0.15, 0.2) is 58.9 Å². The van der Waals surface area contributed by atoms with E-state index in [-0.39, 0.29) is 6.10 Å². The molecule has 27 heavy (non-hydrogen) atoms. The predicted octanol–water partition coefficient (Wildman–Crippen LogP) is 4.60. The lowest BCUT2D eigenvalue weighted by atomic mass is 10.1. The Morgan fingerprint density at radius 2 is 2.07 bits per heavy atom. The normalized spacial score (nSPS) is 17.4. The number of hydrogen-bond donors (Lipinski definition) is 0. The van der Waals surface area contributed by atoms with Gasteiger partial charge < -0.3 is 9.47 Å². The summed E-state index contributed by atoms with van der Waals surface area (Å²) in [6.07, 6.45) is 2.47. The SMILES string of the molecule is COc1ccc(C)cc1-c1csc(=NC[C@@H]2CCCO2)n1-c1ccccc1. The molecular weight excluding hydrogens is 356 g/mol. The van der Waals surface area contributed by atoms with Gasteiger partial charge in [-0.25, -0.2) is 0 Å². The summed E-state index contributed by atoms with van der Waals surface area (Å²) in [7, 11) is 1.72. The van der Waals surface area contributed by atoms with E-state index in [4.69, 9.17) is 14.5 Å². The molecule has 2 heterocycles. The van der Waals surface area contributed by atoms with E-state index in [1.54, 1.807) is 18.4 Å². The van der Waals surface area contributed by atoms with Gasteiger partial charge in [0.2, 0.25) is 0 Å². The highest BCUT2D eigenvalue weighted by atomic mass is 32.1. The summed E-state index contributed by atoms with van der Waals surface area (Å²) in [5.41, 5.74) is 4.48. The predicted molar refractivity (Wildman–Crippen MR) is 110 cm³/mol. The van der Waals surface area contributed by atoms with E-state index in [0.717, 1.165) is 46.9 Å². The number of nitrogens with zero attached hydrogens (tertiary/aromatic N) is 2. The van der Waals surface area contributed by atoms with Crippen LogP contribution in [0.3, 0.4) is 0 Å². The van der Waals surface area contributed by atoms with Crippen LogP contribution in [0, 0.1) is 6.92 Å². The molecule has 0 aliphatic carbocycles. The number of benzene rings is 2. The zero-order chi connectivity index (χ0) is 18.6. The highest BCUT2D eigenvalue weighted by Gasteiger charge is 2.17. The fourth-order valence-corrected chi connectivity index (χ4v) is 4.33. The highest BCUT2D eigenvalue weighted by Crippen LogP contribution is 2.32. The number of hydrogen-bond acceptors (Lipinski definition) is 4. The van der Waals surface area contributed by atoms with Crippen molar-refractivity contribution in [1.82, 2.24) is 4.57 Å². The molecule has 3 aromatic rings. The molecule has 2 aromatic carbocycles. The average molecular weight is 381 g/mol. The number of ether oxygens (including phenoxy) is 2. The number of para-hydroxylation sites is 1. The Balaban J connectivity index is 1.85. The van der Waals surface area contributed by atoms with Gasteiger partial charge in [-0.3, -0.25) is 9.56 Å². The molecule has 4 nitrogen and oxygen atoms in total. The zero-order valence-electron chi connectivity index (χ0n) is 15.7. The largest absolute Gasteiger partial charge is 0.496 e. The third-order valence-corrected chi connectivity index (χ3v) is 5.67. The molecule has 0 radical (unpaired) electrons. The maximum absolute atomic E-state index is 5.75. The van der Waals surface area contributed by atoms with E-state index in [2.05, 4.69) is 53.3 Å². The Morgan fingerprint density at radius 1 is 1.22 bits per heavy atom. The Labute approximate surface area is 163 Å². The van der Waals surface area contributed by atoms with Gasteiger partial charge in [0.05, 0.1) is 25.5 Å². The first-order valence-corrected chi connectivity index (χ1v) is 10.2. The van der Waals surface area contributed by atoms with E-state index in [1.807, 2.05) is 12.1 Å². The van der Waals surface area contributed by atoms with Crippen molar-refractivity contribution in [3.05, 3.63) is 64.3 Å². The summed E-state index contributed by atoms with van der Waals surface area (Å²) in [5.74, 6) is 0.869. The van der Waals surface area contributed by atoms with Gasteiger partial charge in [-0.15, -0.1) is 11.3 Å². The summed E-state index contributed by atoms with van der Waals surface area (Å²) < 4.78 is 13.6. The van der Waals surface area contributed by atoms with Gasteiger partial charge in [-0.05, 0) is 44.0 Å². The zero-order valence-corrected chi connectivity index (χ0v) is 16.5. The van der Waals surface area contributed by atoms with Gasteiger partial charge in [0.25, 0.3) is 0 Å². The van der Waals surface area contributed by atoms with Crippen LogP contribution >= 0.6 is 11.3 Å². The minimum absolute atomic E-state index is 0.244. The minimum atomic E-state index is 0.244. The van der Waals surface area contributed by atoms with Crippen LogP contribution in [-0.2, 0) is 4.74 Å². The van der Waals surface area contributed by atoms with Crippen molar-refractivity contribution >= 4 is 11.3 Å². The number of aryl methyl sites for hydroxylation is 1. The van der Waals surface area contributed by atoms with Gasteiger partial charge >= 0.3 is 0 Å². The van der Waals surface area contributed by atoms with Crippen molar-refractivity contribution in [1.29, 1.82) is 0 Å². The molecular formula is C22H24N2O2S. The molecule has 1 aliphatic rings. The number of methoxy groups -OCH3 is 1. The van der Waals surface area contributed by atoms with Gasteiger partial charge in [0, 0.05) is 23.2 Å². The second-order valence-electron chi connectivity index (χ2n) is 6.75. The average Bonchev–Trinajstić information content (AvgIpc) is 3.36. The summed E-state index contributed by atoms with van der Waals surface area (Å²) in [6.45, 7) is 3.66. The smallest absolute Gasteiger partial charge is 0.189 e. The fraction of sp³-hybridized carbons (Fsp3) is 0.318. The minimum Gasteiger partial charge on any atom is -0.496 e. The molecule has 0 bridgehead atoms. The molecule has 5 heteroatoms. The second-order valence-corrected chi connectivity index (χ2v) is 7.59. The van der Waals surface area contributed by atoms with Crippen molar-refractivity contribution in [3.63, 3.8) is 0 Å². The van der Waals surface area contributed by atoms with E-state index >= 15 is 0 Å². The molecule has 0 N–H and O–H groups in total. The number of thiazole rings is 1. The van der Waals surface area contributed by atoms with Gasteiger partial charge in [0.15, 0.2) is 4.80 Å². The van der Waals surface area contributed by atoms with Crippen LogP contribution < -0.4 is 9.54 Å². The molecule has 1 aromatic heterocycles. The van der Waals surface area contributed by atoms with E-state index < -0.39 is 0 Å². The molecule has 140 valence electrons. The molecule has 0 amide bonds. The van der Waals surface area contributed by atoms with Gasteiger partial charge in [-0.2, -0.15) is 0 Å². The molecule has 1 saturated heterocycles. The Kier molecular flexibility index (Phi) is 5.41. The van der Waals surface area contributed by atoms with Crippen molar-refractivity contribution < 1.29 is 9.47 Å². The third-order valence-electron chi connectivity index (χ3n) is 4.81. The van der Waals surface area contributed by atoms with E-state index in [9.17, 15) is 0 Å². The maximum atomic E-state index is 5.75. The number of aromatic nitrogens is 1. The summed E-state index contributed by atoms with van der Waals surface area (Å²) in [5, 5.41) is 2.17.